The Hall–Kier alpha value is -1.21. The quantitative estimate of drug-likeness (QED) is 0.478. The van der Waals surface area contributed by atoms with Gasteiger partial charge < -0.3 is 20.1 Å². The number of nitrogens with two attached hydrogens (primary N) is 1. The molecule has 0 aliphatic rings. The Labute approximate surface area is 106 Å². The van der Waals surface area contributed by atoms with Crippen LogP contribution < -0.4 is 5.73 Å². The molecule has 6 nitrogen and oxygen atoms in total. The molecule has 0 saturated carbocycles. The number of hydrogen-bond acceptors (Lipinski definition) is 5. The van der Waals surface area contributed by atoms with E-state index in [0.29, 0.717) is 13.2 Å². The van der Waals surface area contributed by atoms with Gasteiger partial charge in [-0.05, 0) is 6.92 Å². The molecule has 17 heavy (non-hydrogen) atoms. The zero-order chi connectivity index (χ0) is 13.3. The van der Waals surface area contributed by atoms with Crippen molar-refractivity contribution in [1.82, 2.24) is 4.90 Å². The minimum Gasteiger partial charge on any atom is -0.465 e. The molecule has 0 atom stereocenters. The first-order valence-electron chi connectivity index (χ1n) is 5.21. The van der Waals surface area contributed by atoms with E-state index in [0.717, 1.165) is 0 Å². The summed E-state index contributed by atoms with van der Waals surface area (Å²) in [7, 11) is 1.51. The third kappa shape index (κ3) is 7.64. The van der Waals surface area contributed by atoms with Crippen molar-refractivity contribution >= 4 is 29.1 Å². The number of methoxy groups -OCH3 is 1. The Kier molecular flexibility index (Phi) is 8.25. The summed E-state index contributed by atoms with van der Waals surface area (Å²) in [4.78, 5) is 24.4. The average Bonchev–Trinajstić information content (AvgIpc) is 2.23. The standard InChI is InChI=1S/C10H18N2O4S/c1-3-16-10(14)7-12(4-5-15-2)9(13)6-8(11)17/h3-7H2,1-2H3,(H2,11,17). The Morgan fingerprint density at radius 1 is 1.41 bits per heavy atom. The summed E-state index contributed by atoms with van der Waals surface area (Å²) in [6.07, 6.45) is -0.0571. The largest absolute Gasteiger partial charge is 0.465 e. The van der Waals surface area contributed by atoms with Gasteiger partial charge in [0.25, 0.3) is 0 Å². The van der Waals surface area contributed by atoms with E-state index in [1.54, 1.807) is 6.92 Å². The highest BCUT2D eigenvalue weighted by Crippen LogP contribution is 1.97. The molecule has 0 saturated heterocycles. The van der Waals surface area contributed by atoms with Crippen LogP contribution in [-0.2, 0) is 19.1 Å². The van der Waals surface area contributed by atoms with Crippen LogP contribution in [0.3, 0.4) is 0 Å². The maximum Gasteiger partial charge on any atom is 0.325 e. The number of amides is 1. The number of esters is 1. The van der Waals surface area contributed by atoms with Crippen molar-refractivity contribution in [2.45, 2.75) is 13.3 Å². The van der Waals surface area contributed by atoms with Gasteiger partial charge in [-0.2, -0.15) is 0 Å². The van der Waals surface area contributed by atoms with E-state index in [1.807, 2.05) is 0 Å². The van der Waals surface area contributed by atoms with Gasteiger partial charge in [0.2, 0.25) is 5.91 Å². The van der Waals surface area contributed by atoms with Crippen molar-refractivity contribution in [2.75, 3.05) is 33.4 Å². The van der Waals surface area contributed by atoms with Crippen molar-refractivity contribution in [3.8, 4) is 0 Å². The average molecular weight is 262 g/mol. The van der Waals surface area contributed by atoms with Gasteiger partial charge in [-0.3, -0.25) is 9.59 Å². The van der Waals surface area contributed by atoms with Crippen molar-refractivity contribution in [3.05, 3.63) is 0 Å². The summed E-state index contributed by atoms with van der Waals surface area (Å²) in [6.45, 7) is 2.51. The van der Waals surface area contributed by atoms with E-state index in [-0.39, 0.29) is 30.5 Å². The summed E-state index contributed by atoms with van der Waals surface area (Å²) in [5, 5.41) is 0. The second-order valence-corrected chi connectivity index (χ2v) is 3.78. The molecule has 98 valence electrons. The van der Waals surface area contributed by atoms with Crippen LogP contribution >= 0.6 is 12.2 Å². The third-order valence-electron chi connectivity index (χ3n) is 1.87. The van der Waals surface area contributed by atoms with Gasteiger partial charge in [0, 0.05) is 13.7 Å². The van der Waals surface area contributed by atoms with E-state index >= 15 is 0 Å². The Balaban J connectivity index is 4.35. The highest BCUT2D eigenvalue weighted by atomic mass is 32.1. The fourth-order valence-corrected chi connectivity index (χ4v) is 1.24. The molecule has 0 rings (SSSR count). The van der Waals surface area contributed by atoms with Crippen LogP contribution in [0.15, 0.2) is 0 Å². The lowest BCUT2D eigenvalue weighted by Gasteiger charge is -2.21. The molecule has 0 bridgehead atoms. The lowest BCUT2D eigenvalue weighted by molar-refractivity contribution is -0.148. The fourth-order valence-electron chi connectivity index (χ4n) is 1.12. The molecule has 7 heteroatoms. The second kappa shape index (κ2) is 8.89. The first-order valence-corrected chi connectivity index (χ1v) is 5.62. The maximum atomic E-state index is 11.7. The number of carbonyl (C=O) groups excluding carboxylic acids is 2. The highest BCUT2D eigenvalue weighted by Gasteiger charge is 2.18. The fraction of sp³-hybridized carbons (Fsp3) is 0.700. The zero-order valence-electron chi connectivity index (χ0n) is 10.1. The van der Waals surface area contributed by atoms with Crippen LogP contribution in [0.1, 0.15) is 13.3 Å². The van der Waals surface area contributed by atoms with Crippen molar-refractivity contribution in [3.63, 3.8) is 0 Å². The smallest absolute Gasteiger partial charge is 0.325 e. The van der Waals surface area contributed by atoms with Gasteiger partial charge >= 0.3 is 5.97 Å². The van der Waals surface area contributed by atoms with Crippen molar-refractivity contribution in [1.29, 1.82) is 0 Å². The summed E-state index contributed by atoms with van der Waals surface area (Å²) in [5.74, 6) is -0.762. The van der Waals surface area contributed by atoms with E-state index in [9.17, 15) is 9.59 Å². The molecule has 0 heterocycles. The molecular weight excluding hydrogens is 244 g/mol. The molecule has 0 aromatic heterocycles. The van der Waals surface area contributed by atoms with Gasteiger partial charge in [0.15, 0.2) is 0 Å². The van der Waals surface area contributed by atoms with Crippen LogP contribution in [-0.4, -0.2) is 55.2 Å². The molecule has 0 aliphatic heterocycles. The monoisotopic (exact) mass is 262 g/mol. The minimum absolute atomic E-state index is 0.0571. The SMILES string of the molecule is CCOC(=O)CN(CCOC)C(=O)CC(N)=S. The number of rotatable bonds is 8. The van der Waals surface area contributed by atoms with Gasteiger partial charge in [-0.25, -0.2) is 0 Å². The summed E-state index contributed by atoms with van der Waals surface area (Å²) in [5.41, 5.74) is 5.29. The summed E-state index contributed by atoms with van der Waals surface area (Å²) in [6, 6.07) is 0. The lowest BCUT2D eigenvalue weighted by atomic mass is 10.3. The number of thiocarbonyl (C=S) groups is 1. The van der Waals surface area contributed by atoms with Crippen LogP contribution in [0.4, 0.5) is 0 Å². The zero-order valence-corrected chi connectivity index (χ0v) is 10.9. The molecule has 0 fully saturated rings. The Morgan fingerprint density at radius 3 is 2.53 bits per heavy atom. The highest BCUT2D eigenvalue weighted by molar-refractivity contribution is 7.80. The van der Waals surface area contributed by atoms with Crippen molar-refractivity contribution < 1.29 is 19.1 Å². The van der Waals surface area contributed by atoms with E-state index in [2.05, 4.69) is 12.2 Å². The summed E-state index contributed by atoms with van der Waals surface area (Å²) >= 11 is 4.65. The second-order valence-electron chi connectivity index (χ2n) is 3.26. The molecule has 0 aromatic rings. The molecule has 0 radical (unpaired) electrons. The molecule has 0 unspecified atom stereocenters. The number of nitrogens with zero attached hydrogens (tertiary/aromatic N) is 1. The van der Waals surface area contributed by atoms with Gasteiger partial charge in [-0.1, -0.05) is 12.2 Å². The van der Waals surface area contributed by atoms with Crippen LogP contribution in [0.5, 0.6) is 0 Å². The van der Waals surface area contributed by atoms with Gasteiger partial charge in [0.05, 0.1) is 24.6 Å². The molecule has 0 aliphatic carbocycles. The minimum atomic E-state index is -0.458. The van der Waals surface area contributed by atoms with Crippen molar-refractivity contribution in [2.24, 2.45) is 5.73 Å². The molecular formula is C10H18N2O4S. The summed E-state index contributed by atoms with van der Waals surface area (Å²) < 4.78 is 9.63. The van der Waals surface area contributed by atoms with Gasteiger partial charge in [0.1, 0.15) is 6.54 Å². The first kappa shape index (κ1) is 15.8. The molecule has 2 N–H and O–H groups in total. The Bertz CT molecular complexity index is 283. The molecule has 1 amide bonds. The predicted octanol–water partition coefficient (Wildman–Crippen LogP) is -0.299. The van der Waals surface area contributed by atoms with E-state index in [4.69, 9.17) is 15.2 Å². The van der Waals surface area contributed by atoms with E-state index < -0.39 is 5.97 Å². The predicted molar refractivity (Wildman–Crippen MR) is 66.5 cm³/mol. The normalized spacial score (nSPS) is 9.76. The molecule has 0 spiro atoms. The van der Waals surface area contributed by atoms with Crippen LogP contribution in [0.2, 0.25) is 0 Å². The van der Waals surface area contributed by atoms with Crippen LogP contribution in [0, 0.1) is 0 Å². The third-order valence-corrected chi connectivity index (χ3v) is 2.01. The van der Waals surface area contributed by atoms with Crippen LogP contribution in [0.25, 0.3) is 0 Å². The maximum absolute atomic E-state index is 11.7. The Morgan fingerprint density at radius 2 is 2.06 bits per heavy atom. The van der Waals surface area contributed by atoms with Gasteiger partial charge in [-0.15, -0.1) is 0 Å². The topological polar surface area (TPSA) is 81.9 Å². The number of hydrogen-bond donors (Lipinski definition) is 1. The molecule has 0 aromatic carbocycles. The van der Waals surface area contributed by atoms with E-state index in [1.165, 1.54) is 12.0 Å². The lowest BCUT2D eigenvalue weighted by Crippen LogP contribution is -2.40. The number of ether oxygens (including phenoxy) is 2. The first-order chi connectivity index (χ1) is 8.01. The number of carbonyl (C=O) groups is 2.